The van der Waals surface area contributed by atoms with Gasteiger partial charge >= 0.3 is 5.97 Å². The number of hydrogen-bond donors (Lipinski definition) is 0. The standard InChI is InChI=1S/C13H10O3/c14-11-10-7-3-5-8-4-1-2-6-9(8)12(10)16-13(11)15/h1-2,4,6H,3,5,7H2. The molecule has 0 atom stereocenters. The van der Waals surface area contributed by atoms with Crippen LogP contribution in [-0.4, -0.2) is 11.8 Å². The first-order valence-corrected chi connectivity index (χ1v) is 5.35. The zero-order chi connectivity index (χ0) is 11.1. The minimum atomic E-state index is -0.735. The number of Topliss-reactive ketones (excluding diaryl/α,β-unsaturated/α-hetero) is 1. The van der Waals surface area contributed by atoms with Crippen molar-refractivity contribution < 1.29 is 14.3 Å². The molecule has 3 heteroatoms. The van der Waals surface area contributed by atoms with Crippen LogP contribution in [0.4, 0.5) is 0 Å². The predicted octanol–water partition coefficient (Wildman–Crippen LogP) is 1.86. The summed E-state index contributed by atoms with van der Waals surface area (Å²) >= 11 is 0. The van der Waals surface area contributed by atoms with Crippen molar-refractivity contribution in [3.63, 3.8) is 0 Å². The van der Waals surface area contributed by atoms with Crippen molar-refractivity contribution in [1.82, 2.24) is 0 Å². The van der Waals surface area contributed by atoms with Gasteiger partial charge in [-0.1, -0.05) is 24.3 Å². The molecule has 0 bridgehead atoms. The number of carbonyl (C=O) groups excluding carboxylic acids is 2. The van der Waals surface area contributed by atoms with Crippen LogP contribution in [0.3, 0.4) is 0 Å². The van der Waals surface area contributed by atoms with Crippen LogP contribution >= 0.6 is 0 Å². The minimum Gasteiger partial charge on any atom is -0.419 e. The summed E-state index contributed by atoms with van der Waals surface area (Å²) < 4.78 is 5.08. The van der Waals surface area contributed by atoms with Gasteiger partial charge in [-0.2, -0.15) is 0 Å². The Labute approximate surface area is 92.7 Å². The number of rotatable bonds is 0. The van der Waals surface area contributed by atoms with Gasteiger partial charge in [0.25, 0.3) is 5.78 Å². The fourth-order valence-corrected chi connectivity index (χ4v) is 2.29. The highest BCUT2D eigenvalue weighted by Gasteiger charge is 2.35. The molecule has 1 aliphatic heterocycles. The van der Waals surface area contributed by atoms with Gasteiger partial charge in [0.1, 0.15) is 5.76 Å². The highest BCUT2D eigenvalue weighted by molar-refractivity contribution is 6.45. The highest BCUT2D eigenvalue weighted by Crippen LogP contribution is 2.35. The average Bonchev–Trinajstić information content (AvgIpc) is 2.50. The van der Waals surface area contributed by atoms with Crippen LogP contribution in [0, 0.1) is 0 Å². The van der Waals surface area contributed by atoms with E-state index < -0.39 is 11.8 Å². The Morgan fingerprint density at radius 2 is 1.88 bits per heavy atom. The second-order valence-electron chi connectivity index (χ2n) is 4.04. The van der Waals surface area contributed by atoms with E-state index >= 15 is 0 Å². The lowest BCUT2D eigenvalue weighted by molar-refractivity contribution is -0.145. The minimum absolute atomic E-state index is 0.466. The van der Waals surface area contributed by atoms with Crippen molar-refractivity contribution in [3.05, 3.63) is 41.0 Å². The summed E-state index contributed by atoms with van der Waals surface area (Å²) in [6.45, 7) is 0. The maximum absolute atomic E-state index is 11.6. The zero-order valence-corrected chi connectivity index (χ0v) is 8.66. The first kappa shape index (κ1) is 9.33. The van der Waals surface area contributed by atoms with Crippen LogP contribution in [-0.2, 0) is 20.7 Å². The molecule has 16 heavy (non-hydrogen) atoms. The third kappa shape index (κ3) is 1.21. The van der Waals surface area contributed by atoms with Crippen molar-refractivity contribution in [3.8, 4) is 0 Å². The summed E-state index contributed by atoms with van der Waals surface area (Å²) in [5.74, 6) is -0.712. The number of carbonyl (C=O) groups is 2. The molecule has 0 radical (unpaired) electrons. The van der Waals surface area contributed by atoms with Crippen LogP contribution < -0.4 is 0 Å². The molecule has 1 aliphatic carbocycles. The average molecular weight is 214 g/mol. The molecule has 3 nitrogen and oxygen atoms in total. The van der Waals surface area contributed by atoms with E-state index in [0.717, 1.165) is 24.0 Å². The van der Waals surface area contributed by atoms with Gasteiger partial charge in [-0.25, -0.2) is 4.79 Å². The number of hydrogen-bond acceptors (Lipinski definition) is 3. The molecule has 1 aromatic carbocycles. The monoisotopic (exact) mass is 214 g/mol. The second-order valence-corrected chi connectivity index (χ2v) is 4.04. The maximum Gasteiger partial charge on any atom is 0.384 e. The van der Waals surface area contributed by atoms with Crippen molar-refractivity contribution >= 4 is 17.5 Å². The Morgan fingerprint density at radius 1 is 1.06 bits per heavy atom. The van der Waals surface area contributed by atoms with Crippen LogP contribution in [0.25, 0.3) is 5.76 Å². The molecular weight excluding hydrogens is 204 g/mol. The van der Waals surface area contributed by atoms with E-state index in [4.69, 9.17) is 4.74 Å². The Morgan fingerprint density at radius 3 is 2.75 bits per heavy atom. The molecule has 0 unspecified atom stereocenters. The summed E-state index contributed by atoms with van der Waals surface area (Å²) in [6.07, 6.45) is 2.45. The SMILES string of the molecule is O=C1OC2=C(CCCc3ccccc32)C1=O. The Hall–Kier alpha value is -1.90. The van der Waals surface area contributed by atoms with Crippen molar-refractivity contribution in [2.45, 2.75) is 19.3 Å². The molecule has 0 fully saturated rings. The van der Waals surface area contributed by atoms with Gasteiger partial charge in [0.2, 0.25) is 0 Å². The van der Waals surface area contributed by atoms with E-state index in [1.165, 1.54) is 0 Å². The van der Waals surface area contributed by atoms with Crippen molar-refractivity contribution in [2.24, 2.45) is 0 Å². The topological polar surface area (TPSA) is 43.4 Å². The summed E-state index contributed by atoms with van der Waals surface area (Å²) in [6, 6.07) is 7.78. The van der Waals surface area contributed by atoms with Crippen molar-refractivity contribution in [2.75, 3.05) is 0 Å². The van der Waals surface area contributed by atoms with E-state index in [1.54, 1.807) is 0 Å². The van der Waals surface area contributed by atoms with E-state index in [9.17, 15) is 9.59 Å². The summed E-state index contributed by atoms with van der Waals surface area (Å²) in [5, 5.41) is 0. The zero-order valence-electron chi connectivity index (χ0n) is 8.66. The Bertz CT molecular complexity index is 526. The third-order valence-corrected chi connectivity index (χ3v) is 3.06. The molecule has 0 amide bonds. The molecule has 2 aliphatic rings. The predicted molar refractivity (Wildman–Crippen MR) is 57.4 cm³/mol. The summed E-state index contributed by atoms with van der Waals surface area (Å²) in [5.41, 5.74) is 2.60. The molecule has 0 aromatic heterocycles. The van der Waals surface area contributed by atoms with Gasteiger partial charge in [-0.15, -0.1) is 0 Å². The van der Waals surface area contributed by atoms with Crippen molar-refractivity contribution in [1.29, 1.82) is 0 Å². The maximum atomic E-state index is 11.6. The number of fused-ring (bicyclic) bond motifs is 2. The number of aryl methyl sites for hydroxylation is 1. The lowest BCUT2D eigenvalue weighted by Crippen LogP contribution is -2.10. The first-order chi connectivity index (χ1) is 7.77. The smallest absolute Gasteiger partial charge is 0.384 e. The highest BCUT2D eigenvalue weighted by atomic mass is 16.5. The van der Waals surface area contributed by atoms with E-state index in [0.29, 0.717) is 17.8 Å². The molecule has 80 valence electrons. The van der Waals surface area contributed by atoms with E-state index in [2.05, 4.69) is 0 Å². The molecule has 0 saturated heterocycles. The molecule has 1 heterocycles. The number of ketones is 1. The lowest BCUT2D eigenvalue weighted by Gasteiger charge is -2.06. The summed E-state index contributed by atoms with van der Waals surface area (Å²) in [4.78, 5) is 22.8. The largest absolute Gasteiger partial charge is 0.419 e. The van der Waals surface area contributed by atoms with Gasteiger partial charge in [0, 0.05) is 5.56 Å². The van der Waals surface area contributed by atoms with Gasteiger partial charge in [-0.05, 0) is 24.8 Å². The van der Waals surface area contributed by atoms with Crippen LogP contribution in [0.1, 0.15) is 24.0 Å². The molecule has 0 spiro atoms. The number of benzene rings is 1. The fourth-order valence-electron chi connectivity index (χ4n) is 2.29. The van der Waals surface area contributed by atoms with Gasteiger partial charge in [0.15, 0.2) is 0 Å². The number of ether oxygens (including phenoxy) is 1. The molecule has 0 N–H and O–H groups in total. The van der Waals surface area contributed by atoms with E-state index in [-0.39, 0.29) is 0 Å². The Kier molecular flexibility index (Phi) is 1.93. The van der Waals surface area contributed by atoms with Gasteiger partial charge < -0.3 is 4.74 Å². The third-order valence-electron chi connectivity index (χ3n) is 3.06. The second kappa shape index (κ2) is 3.30. The van der Waals surface area contributed by atoms with Crippen LogP contribution in [0.5, 0.6) is 0 Å². The molecular formula is C13H10O3. The lowest BCUT2D eigenvalue weighted by atomic mass is 10.0. The quantitative estimate of drug-likeness (QED) is 0.489. The number of esters is 1. The molecule has 3 rings (SSSR count). The Balaban J connectivity index is 2.20. The van der Waals surface area contributed by atoms with E-state index in [1.807, 2.05) is 24.3 Å². The molecule has 1 aromatic rings. The van der Waals surface area contributed by atoms with Gasteiger partial charge in [-0.3, -0.25) is 4.79 Å². The summed E-state index contributed by atoms with van der Waals surface area (Å²) in [7, 11) is 0. The fraction of sp³-hybridized carbons (Fsp3) is 0.231. The van der Waals surface area contributed by atoms with Crippen LogP contribution in [0.15, 0.2) is 29.8 Å². The van der Waals surface area contributed by atoms with Crippen LogP contribution in [0.2, 0.25) is 0 Å². The molecule has 0 saturated carbocycles. The normalized spacial score (nSPS) is 19.0. The first-order valence-electron chi connectivity index (χ1n) is 5.35. The van der Waals surface area contributed by atoms with Gasteiger partial charge in [0.05, 0.1) is 5.57 Å².